The van der Waals surface area contributed by atoms with Crippen LogP contribution in [0.5, 0.6) is 0 Å². The van der Waals surface area contributed by atoms with Crippen molar-refractivity contribution < 1.29 is 0 Å². The number of aryl methyl sites for hydroxylation is 2. The molecule has 0 saturated heterocycles. The molecular formula is C11H16N2. The molecule has 0 amide bonds. The Bertz CT molecular complexity index is 351. The summed E-state index contributed by atoms with van der Waals surface area (Å²) < 4.78 is 0. The number of anilines is 1. The molecule has 2 rings (SSSR count). The summed E-state index contributed by atoms with van der Waals surface area (Å²) in [5, 5.41) is 0. The minimum atomic E-state index is -0.110. The Hall–Kier alpha value is -1.02. The smallest absolute Gasteiger partial charge is 0.0431 e. The number of rotatable bonds is 1. The number of hydrogen-bond donors (Lipinski definition) is 2. The van der Waals surface area contributed by atoms with Gasteiger partial charge < -0.3 is 11.5 Å². The van der Waals surface area contributed by atoms with E-state index in [1.54, 1.807) is 0 Å². The van der Waals surface area contributed by atoms with Crippen LogP contribution >= 0.6 is 0 Å². The Morgan fingerprint density at radius 1 is 1.23 bits per heavy atom. The van der Waals surface area contributed by atoms with Crippen molar-refractivity contribution in [2.24, 2.45) is 5.73 Å². The van der Waals surface area contributed by atoms with Crippen LogP contribution in [0.3, 0.4) is 0 Å². The standard InChI is InChI=1S/C11H16N2/c1-7-5-8(2)10(12)9(6-7)11(13)3-4-11/h5-6H,3-4,12-13H2,1-2H3. The van der Waals surface area contributed by atoms with Crippen molar-refractivity contribution in [3.05, 3.63) is 28.8 Å². The predicted molar refractivity (Wildman–Crippen MR) is 55.4 cm³/mol. The van der Waals surface area contributed by atoms with Crippen LogP contribution in [-0.2, 0) is 5.54 Å². The molecule has 0 aromatic heterocycles. The third-order valence-electron chi connectivity index (χ3n) is 2.86. The van der Waals surface area contributed by atoms with Crippen LogP contribution in [-0.4, -0.2) is 0 Å². The zero-order valence-electron chi connectivity index (χ0n) is 8.22. The minimum absolute atomic E-state index is 0.110. The van der Waals surface area contributed by atoms with Crippen molar-refractivity contribution in [3.8, 4) is 0 Å². The molecule has 2 heteroatoms. The number of nitrogens with two attached hydrogens (primary N) is 2. The SMILES string of the molecule is Cc1cc(C)c(N)c(C2(N)CC2)c1. The second-order valence-corrected chi connectivity index (χ2v) is 4.20. The summed E-state index contributed by atoms with van der Waals surface area (Å²) in [7, 11) is 0. The van der Waals surface area contributed by atoms with Gasteiger partial charge in [-0.1, -0.05) is 17.7 Å². The van der Waals surface area contributed by atoms with Crippen LogP contribution in [0.4, 0.5) is 5.69 Å². The predicted octanol–water partition coefficient (Wildman–Crippen LogP) is 1.83. The van der Waals surface area contributed by atoms with Crippen molar-refractivity contribution in [3.63, 3.8) is 0 Å². The summed E-state index contributed by atoms with van der Waals surface area (Å²) in [6.45, 7) is 4.12. The molecule has 0 radical (unpaired) electrons. The van der Waals surface area contributed by atoms with Gasteiger partial charge in [0, 0.05) is 11.2 Å². The fraction of sp³-hybridized carbons (Fsp3) is 0.455. The highest BCUT2D eigenvalue weighted by molar-refractivity contribution is 5.59. The summed E-state index contributed by atoms with van der Waals surface area (Å²) >= 11 is 0. The van der Waals surface area contributed by atoms with Gasteiger partial charge in [0.15, 0.2) is 0 Å². The first-order valence-electron chi connectivity index (χ1n) is 4.69. The van der Waals surface area contributed by atoms with E-state index in [0.29, 0.717) is 0 Å². The number of hydrogen-bond acceptors (Lipinski definition) is 2. The zero-order chi connectivity index (χ0) is 9.64. The molecule has 1 aliphatic carbocycles. The average Bonchev–Trinajstić information content (AvgIpc) is 2.77. The molecule has 2 nitrogen and oxygen atoms in total. The maximum atomic E-state index is 6.13. The van der Waals surface area contributed by atoms with Crippen LogP contribution in [0.15, 0.2) is 12.1 Å². The first-order valence-corrected chi connectivity index (χ1v) is 4.69. The van der Waals surface area contributed by atoms with Crippen LogP contribution < -0.4 is 11.5 Å². The fourth-order valence-electron chi connectivity index (χ4n) is 1.79. The van der Waals surface area contributed by atoms with Crippen LogP contribution in [0.2, 0.25) is 0 Å². The summed E-state index contributed by atoms with van der Waals surface area (Å²) in [6, 6.07) is 4.22. The van der Waals surface area contributed by atoms with E-state index in [1.807, 2.05) is 6.92 Å². The molecule has 4 N–H and O–H groups in total. The van der Waals surface area contributed by atoms with E-state index in [1.165, 1.54) is 5.56 Å². The summed E-state index contributed by atoms with van der Waals surface area (Å²) in [6.07, 6.45) is 2.14. The second kappa shape index (κ2) is 2.48. The van der Waals surface area contributed by atoms with Gasteiger partial charge in [-0.15, -0.1) is 0 Å². The Kier molecular flexibility index (Phi) is 1.64. The molecule has 0 spiro atoms. The quantitative estimate of drug-likeness (QED) is 0.641. The van der Waals surface area contributed by atoms with Crippen LogP contribution in [0.1, 0.15) is 29.5 Å². The van der Waals surface area contributed by atoms with Crippen molar-refractivity contribution in [1.82, 2.24) is 0 Å². The molecule has 0 atom stereocenters. The highest BCUT2D eigenvalue weighted by atomic mass is 14.8. The third-order valence-corrected chi connectivity index (χ3v) is 2.86. The largest absolute Gasteiger partial charge is 0.398 e. The molecule has 0 aliphatic heterocycles. The highest BCUT2D eigenvalue weighted by Gasteiger charge is 2.41. The van der Waals surface area contributed by atoms with Crippen molar-refractivity contribution >= 4 is 5.69 Å². The van der Waals surface area contributed by atoms with Gasteiger partial charge in [0.05, 0.1) is 0 Å². The Morgan fingerprint density at radius 2 is 1.85 bits per heavy atom. The second-order valence-electron chi connectivity index (χ2n) is 4.20. The van der Waals surface area contributed by atoms with Gasteiger partial charge in [0.25, 0.3) is 0 Å². The maximum absolute atomic E-state index is 6.13. The van der Waals surface area contributed by atoms with E-state index in [-0.39, 0.29) is 5.54 Å². The van der Waals surface area contributed by atoms with Gasteiger partial charge in [-0.25, -0.2) is 0 Å². The van der Waals surface area contributed by atoms with Crippen LogP contribution in [0.25, 0.3) is 0 Å². The topological polar surface area (TPSA) is 52.0 Å². The first-order chi connectivity index (χ1) is 6.03. The molecule has 1 fully saturated rings. The molecule has 0 unspecified atom stereocenters. The first kappa shape index (κ1) is 8.57. The molecule has 1 aromatic carbocycles. The molecule has 1 aromatic rings. The fourth-order valence-corrected chi connectivity index (χ4v) is 1.79. The van der Waals surface area contributed by atoms with Crippen molar-refractivity contribution in [2.45, 2.75) is 32.2 Å². The van der Waals surface area contributed by atoms with Crippen molar-refractivity contribution in [1.29, 1.82) is 0 Å². The van der Waals surface area contributed by atoms with E-state index in [9.17, 15) is 0 Å². The lowest BCUT2D eigenvalue weighted by Gasteiger charge is -2.15. The maximum Gasteiger partial charge on any atom is 0.0431 e. The van der Waals surface area contributed by atoms with Gasteiger partial charge in [0.1, 0.15) is 0 Å². The Morgan fingerprint density at radius 3 is 2.38 bits per heavy atom. The van der Waals surface area contributed by atoms with E-state index < -0.39 is 0 Å². The van der Waals surface area contributed by atoms with E-state index in [0.717, 1.165) is 29.7 Å². The summed E-state index contributed by atoms with van der Waals surface area (Å²) in [4.78, 5) is 0. The number of benzene rings is 1. The molecule has 0 heterocycles. The van der Waals surface area contributed by atoms with Gasteiger partial charge in [-0.05, 0) is 37.8 Å². The molecule has 70 valence electrons. The number of nitrogen functional groups attached to an aromatic ring is 1. The Balaban J connectivity index is 2.56. The normalized spacial score (nSPS) is 18.7. The average molecular weight is 176 g/mol. The zero-order valence-corrected chi connectivity index (χ0v) is 8.22. The molecule has 1 saturated carbocycles. The van der Waals surface area contributed by atoms with E-state index in [2.05, 4.69) is 19.1 Å². The lowest BCUT2D eigenvalue weighted by molar-refractivity contribution is 0.741. The lowest BCUT2D eigenvalue weighted by Crippen LogP contribution is -2.21. The molecular weight excluding hydrogens is 160 g/mol. The van der Waals surface area contributed by atoms with Crippen molar-refractivity contribution in [2.75, 3.05) is 5.73 Å². The third kappa shape index (κ3) is 1.31. The van der Waals surface area contributed by atoms with Crippen LogP contribution in [0, 0.1) is 13.8 Å². The van der Waals surface area contributed by atoms with Gasteiger partial charge >= 0.3 is 0 Å². The monoisotopic (exact) mass is 176 g/mol. The molecule has 1 aliphatic rings. The van der Waals surface area contributed by atoms with Gasteiger partial charge in [-0.2, -0.15) is 0 Å². The summed E-state index contributed by atoms with van der Waals surface area (Å²) in [5.41, 5.74) is 16.4. The molecule has 13 heavy (non-hydrogen) atoms. The Labute approximate surface area is 78.9 Å². The molecule has 0 bridgehead atoms. The summed E-state index contributed by atoms with van der Waals surface area (Å²) in [5.74, 6) is 0. The minimum Gasteiger partial charge on any atom is -0.398 e. The van der Waals surface area contributed by atoms with E-state index in [4.69, 9.17) is 11.5 Å². The van der Waals surface area contributed by atoms with E-state index >= 15 is 0 Å². The van der Waals surface area contributed by atoms with Gasteiger partial charge in [-0.3, -0.25) is 0 Å². The highest BCUT2D eigenvalue weighted by Crippen LogP contribution is 2.45. The lowest BCUT2D eigenvalue weighted by atomic mass is 9.97. The van der Waals surface area contributed by atoms with Gasteiger partial charge in [0.2, 0.25) is 0 Å².